The second-order valence-corrected chi connectivity index (χ2v) is 8.17. The van der Waals surface area contributed by atoms with E-state index in [1.807, 2.05) is 18.2 Å². The van der Waals surface area contributed by atoms with Crippen molar-refractivity contribution < 1.29 is 17.7 Å². The molecule has 26 heavy (non-hydrogen) atoms. The Morgan fingerprint density at radius 2 is 1.85 bits per heavy atom. The van der Waals surface area contributed by atoms with Crippen LogP contribution in [-0.4, -0.2) is 43.0 Å². The van der Waals surface area contributed by atoms with Crippen LogP contribution in [0.3, 0.4) is 0 Å². The summed E-state index contributed by atoms with van der Waals surface area (Å²) in [6.07, 6.45) is 1.09. The average molecular weight is 378 g/mol. The topological polar surface area (TPSA) is 105 Å². The molecule has 0 aliphatic carbocycles. The highest BCUT2D eigenvalue weighted by Crippen LogP contribution is 2.25. The Labute approximate surface area is 152 Å². The number of amides is 2. The zero-order valence-corrected chi connectivity index (χ0v) is 15.5. The minimum Gasteiger partial charge on any atom is -0.360 e. The SMILES string of the molecule is Cc1noc(C)c1S(=O)(=O)N1CCC(NC(=O)Nc2ccccc2)CC1. The number of aromatic nitrogens is 1. The maximum Gasteiger partial charge on any atom is 0.319 e. The molecule has 0 unspecified atom stereocenters. The fraction of sp³-hybridized carbons (Fsp3) is 0.412. The molecule has 2 N–H and O–H groups in total. The molecule has 8 nitrogen and oxygen atoms in total. The molecule has 2 amide bonds. The van der Waals surface area contributed by atoms with Crippen molar-refractivity contribution >= 4 is 21.7 Å². The van der Waals surface area contributed by atoms with Crippen LogP contribution >= 0.6 is 0 Å². The van der Waals surface area contributed by atoms with Crippen LogP contribution in [0, 0.1) is 13.8 Å². The number of rotatable bonds is 4. The van der Waals surface area contributed by atoms with E-state index in [9.17, 15) is 13.2 Å². The van der Waals surface area contributed by atoms with Crippen molar-refractivity contribution in [1.29, 1.82) is 0 Å². The van der Waals surface area contributed by atoms with Gasteiger partial charge >= 0.3 is 6.03 Å². The van der Waals surface area contributed by atoms with Gasteiger partial charge in [0, 0.05) is 24.8 Å². The molecule has 0 saturated carbocycles. The van der Waals surface area contributed by atoms with Gasteiger partial charge in [-0.25, -0.2) is 13.2 Å². The van der Waals surface area contributed by atoms with E-state index in [0.717, 1.165) is 0 Å². The van der Waals surface area contributed by atoms with Gasteiger partial charge < -0.3 is 15.2 Å². The number of piperidine rings is 1. The van der Waals surface area contributed by atoms with Gasteiger partial charge in [-0.3, -0.25) is 0 Å². The second kappa shape index (κ2) is 7.46. The van der Waals surface area contributed by atoms with Crippen molar-refractivity contribution in [3.8, 4) is 0 Å². The maximum absolute atomic E-state index is 12.8. The quantitative estimate of drug-likeness (QED) is 0.849. The largest absolute Gasteiger partial charge is 0.360 e. The second-order valence-electron chi connectivity index (χ2n) is 6.30. The van der Waals surface area contributed by atoms with Crippen molar-refractivity contribution in [2.24, 2.45) is 0 Å². The zero-order valence-electron chi connectivity index (χ0n) is 14.7. The molecule has 1 aliphatic rings. The van der Waals surface area contributed by atoms with Gasteiger partial charge in [0.1, 0.15) is 10.6 Å². The van der Waals surface area contributed by atoms with Crippen LogP contribution < -0.4 is 10.6 Å². The third kappa shape index (κ3) is 3.88. The zero-order chi connectivity index (χ0) is 18.7. The first-order valence-electron chi connectivity index (χ1n) is 8.43. The van der Waals surface area contributed by atoms with Crippen LogP contribution in [0.1, 0.15) is 24.3 Å². The van der Waals surface area contributed by atoms with Crippen LogP contribution in [-0.2, 0) is 10.0 Å². The molecule has 1 saturated heterocycles. The number of aryl methyl sites for hydroxylation is 2. The number of nitrogens with zero attached hydrogens (tertiary/aromatic N) is 2. The molecule has 1 fully saturated rings. The lowest BCUT2D eigenvalue weighted by Crippen LogP contribution is -2.47. The van der Waals surface area contributed by atoms with E-state index in [0.29, 0.717) is 43.1 Å². The first kappa shape index (κ1) is 18.4. The third-order valence-electron chi connectivity index (χ3n) is 4.39. The van der Waals surface area contributed by atoms with Crippen LogP contribution in [0.15, 0.2) is 39.8 Å². The van der Waals surface area contributed by atoms with Gasteiger partial charge in [-0.15, -0.1) is 0 Å². The Balaban J connectivity index is 1.57. The molecule has 0 bridgehead atoms. The van der Waals surface area contributed by atoms with Crippen LogP contribution in [0.25, 0.3) is 0 Å². The number of nitrogens with one attached hydrogen (secondary N) is 2. The molecule has 0 atom stereocenters. The van der Waals surface area contributed by atoms with E-state index in [4.69, 9.17) is 4.52 Å². The molecule has 0 radical (unpaired) electrons. The van der Waals surface area contributed by atoms with Gasteiger partial charge in [-0.05, 0) is 38.8 Å². The van der Waals surface area contributed by atoms with Crippen molar-refractivity contribution in [3.05, 3.63) is 41.8 Å². The molecule has 9 heteroatoms. The summed E-state index contributed by atoms with van der Waals surface area (Å²) in [6, 6.07) is 8.80. The number of anilines is 1. The summed E-state index contributed by atoms with van der Waals surface area (Å²) < 4.78 is 32.0. The minimum atomic E-state index is -3.63. The summed E-state index contributed by atoms with van der Waals surface area (Å²) in [5, 5.41) is 9.39. The highest BCUT2D eigenvalue weighted by Gasteiger charge is 2.34. The number of para-hydroxylation sites is 1. The number of carbonyl (C=O) groups excluding carboxylic acids is 1. The summed E-state index contributed by atoms with van der Waals surface area (Å²) in [7, 11) is -3.63. The number of sulfonamides is 1. The van der Waals surface area contributed by atoms with E-state index in [2.05, 4.69) is 15.8 Å². The van der Waals surface area contributed by atoms with Gasteiger partial charge in [-0.2, -0.15) is 4.31 Å². The molecule has 140 valence electrons. The van der Waals surface area contributed by atoms with Gasteiger partial charge in [0.25, 0.3) is 0 Å². The number of carbonyl (C=O) groups is 1. The lowest BCUT2D eigenvalue weighted by Gasteiger charge is -2.31. The predicted octanol–water partition coefficient (Wildman–Crippen LogP) is 2.27. The van der Waals surface area contributed by atoms with Crippen LogP contribution in [0.2, 0.25) is 0 Å². The molecule has 0 spiro atoms. The standard InChI is InChI=1S/C17H22N4O4S/c1-12-16(13(2)25-20-12)26(23,24)21-10-8-15(9-11-21)19-17(22)18-14-6-4-3-5-7-14/h3-7,15H,8-11H2,1-2H3,(H2,18,19,22). The van der Waals surface area contributed by atoms with E-state index < -0.39 is 10.0 Å². The van der Waals surface area contributed by atoms with Crippen LogP contribution in [0.5, 0.6) is 0 Å². The van der Waals surface area contributed by atoms with E-state index in [1.54, 1.807) is 26.0 Å². The highest BCUT2D eigenvalue weighted by molar-refractivity contribution is 7.89. The number of benzene rings is 1. The third-order valence-corrected chi connectivity index (χ3v) is 6.53. The van der Waals surface area contributed by atoms with Crippen LogP contribution in [0.4, 0.5) is 10.5 Å². The Kier molecular flexibility index (Phi) is 5.28. The minimum absolute atomic E-state index is 0.0742. The van der Waals surface area contributed by atoms with Gasteiger partial charge in [0.05, 0.1) is 0 Å². The molecular formula is C17H22N4O4S. The van der Waals surface area contributed by atoms with E-state index >= 15 is 0 Å². The molecule has 2 heterocycles. The van der Waals surface area contributed by atoms with Crippen molar-refractivity contribution in [1.82, 2.24) is 14.8 Å². The summed E-state index contributed by atoms with van der Waals surface area (Å²) >= 11 is 0. The number of hydrogen-bond acceptors (Lipinski definition) is 5. The first-order chi connectivity index (χ1) is 12.4. The summed E-state index contributed by atoms with van der Waals surface area (Å²) in [5.41, 5.74) is 1.08. The average Bonchev–Trinajstić information content (AvgIpc) is 2.95. The Morgan fingerprint density at radius 1 is 1.19 bits per heavy atom. The monoisotopic (exact) mass is 378 g/mol. The lowest BCUT2D eigenvalue weighted by atomic mass is 10.1. The fourth-order valence-corrected chi connectivity index (χ4v) is 4.85. The molecule has 2 aromatic rings. The number of urea groups is 1. The lowest BCUT2D eigenvalue weighted by molar-refractivity contribution is 0.238. The molecule has 1 aromatic carbocycles. The maximum atomic E-state index is 12.8. The summed E-state index contributed by atoms with van der Waals surface area (Å²) in [4.78, 5) is 12.2. The fourth-order valence-electron chi connectivity index (χ4n) is 3.09. The molecular weight excluding hydrogens is 356 g/mol. The van der Waals surface area contributed by atoms with E-state index in [1.165, 1.54) is 4.31 Å². The Bertz CT molecular complexity index is 852. The summed E-state index contributed by atoms with van der Waals surface area (Å²) in [6.45, 7) is 3.88. The van der Waals surface area contributed by atoms with Gasteiger partial charge in [-0.1, -0.05) is 23.4 Å². The van der Waals surface area contributed by atoms with Crippen molar-refractivity contribution in [3.63, 3.8) is 0 Å². The van der Waals surface area contributed by atoms with Gasteiger partial charge in [0.2, 0.25) is 10.0 Å². The Morgan fingerprint density at radius 3 is 2.42 bits per heavy atom. The number of hydrogen-bond donors (Lipinski definition) is 2. The smallest absolute Gasteiger partial charge is 0.319 e. The first-order valence-corrected chi connectivity index (χ1v) is 9.87. The van der Waals surface area contributed by atoms with Crippen molar-refractivity contribution in [2.45, 2.75) is 37.6 Å². The predicted molar refractivity (Wildman–Crippen MR) is 96.4 cm³/mol. The normalized spacial score (nSPS) is 16.4. The Hall–Kier alpha value is -2.39. The van der Waals surface area contributed by atoms with E-state index in [-0.39, 0.29) is 17.0 Å². The molecule has 1 aliphatic heterocycles. The van der Waals surface area contributed by atoms with Crippen molar-refractivity contribution in [2.75, 3.05) is 18.4 Å². The van der Waals surface area contributed by atoms with Gasteiger partial charge in [0.15, 0.2) is 5.76 Å². The summed E-state index contributed by atoms with van der Waals surface area (Å²) in [5.74, 6) is 0.296. The highest BCUT2D eigenvalue weighted by atomic mass is 32.2. The molecule has 1 aromatic heterocycles. The molecule has 3 rings (SSSR count).